The Morgan fingerprint density at radius 3 is 2.86 bits per heavy atom. The number of rotatable bonds is 7. The number of imidazole rings is 1. The number of carboxylic acid groups (broad SMARTS) is 1. The molecule has 0 saturated heterocycles. The fourth-order valence-corrected chi connectivity index (χ4v) is 2.32. The highest BCUT2D eigenvalue weighted by atomic mass is 19.1. The molecule has 1 aromatic heterocycles. The van der Waals surface area contributed by atoms with Crippen LogP contribution in [0.5, 0.6) is 0 Å². The SMILES string of the molecule is CCn1ccnc1CN(Cc1cccc(F)c1)C(C)C(=O)O. The second-order valence-corrected chi connectivity index (χ2v) is 5.18. The van der Waals surface area contributed by atoms with Crippen LogP contribution < -0.4 is 0 Å². The number of hydrogen-bond acceptors (Lipinski definition) is 3. The van der Waals surface area contributed by atoms with Crippen molar-refractivity contribution in [1.82, 2.24) is 14.5 Å². The molecule has 1 N–H and O–H groups in total. The van der Waals surface area contributed by atoms with E-state index in [0.717, 1.165) is 17.9 Å². The van der Waals surface area contributed by atoms with Crippen LogP contribution in [0.3, 0.4) is 0 Å². The molecule has 0 aliphatic rings. The highest BCUT2D eigenvalue weighted by Gasteiger charge is 2.22. The fraction of sp³-hybridized carbons (Fsp3) is 0.375. The lowest BCUT2D eigenvalue weighted by Crippen LogP contribution is -2.38. The van der Waals surface area contributed by atoms with Gasteiger partial charge in [-0.1, -0.05) is 12.1 Å². The van der Waals surface area contributed by atoms with Crippen molar-refractivity contribution in [2.45, 2.75) is 39.5 Å². The van der Waals surface area contributed by atoms with Gasteiger partial charge in [-0.2, -0.15) is 0 Å². The quantitative estimate of drug-likeness (QED) is 0.854. The van der Waals surface area contributed by atoms with Crippen LogP contribution in [0.4, 0.5) is 4.39 Å². The minimum absolute atomic E-state index is 0.324. The Hall–Kier alpha value is -2.21. The summed E-state index contributed by atoms with van der Waals surface area (Å²) in [5.41, 5.74) is 0.739. The zero-order valence-corrected chi connectivity index (χ0v) is 12.7. The van der Waals surface area contributed by atoms with E-state index in [-0.39, 0.29) is 5.82 Å². The van der Waals surface area contributed by atoms with E-state index >= 15 is 0 Å². The van der Waals surface area contributed by atoms with E-state index < -0.39 is 12.0 Å². The van der Waals surface area contributed by atoms with Crippen molar-refractivity contribution in [2.24, 2.45) is 0 Å². The van der Waals surface area contributed by atoms with Gasteiger partial charge in [-0.15, -0.1) is 0 Å². The van der Waals surface area contributed by atoms with Crippen LogP contribution in [0.25, 0.3) is 0 Å². The number of aliphatic carboxylic acids is 1. The largest absolute Gasteiger partial charge is 0.480 e. The van der Waals surface area contributed by atoms with Gasteiger partial charge in [0.05, 0.1) is 6.54 Å². The summed E-state index contributed by atoms with van der Waals surface area (Å²) in [4.78, 5) is 17.4. The second-order valence-electron chi connectivity index (χ2n) is 5.18. The Labute approximate surface area is 129 Å². The molecule has 1 atom stereocenters. The Balaban J connectivity index is 2.21. The summed E-state index contributed by atoms with van der Waals surface area (Å²) < 4.78 is 15.3. The molecule has 6 heteroatoms. The first-order chi connectivity index (χ1) is 10.5. The van der Waals surface area contributed by atoms with Gasteiger partial charge in [-0.3, -0.25) is 9.69 Å². The normalized spacial score (nSPS) is 12.5. The topological polar surface area (TPSA) is 58.4 Å². The van der Waals surface area contributed by atoms with E-state index in [1.165, 1.54) is 12.1 Å². The number of aryl methyl sites for hydroxylation is 1. The molecule has 22 heavy (non-hydrogen) atoms. The lowest BCUT2D eigenvalue weighted by Gasteiger charge is -2.26. The van der Waals surface area contributed by atoms with Crippen molar-refractivity contribution >= 4 is 5.97 Å². The molecule has 118 valence electrons. The third-order valence-electron chi connectivity index (χ3n) is 3.67. The van der Waals surface area contributed by atoms with Gasteiger partial charge in [-0.05, 0) is 31.5 Å². The third kappa shape index (κ3) is 3.92. The summed E-state index contributed by atoms with van der Waals surface area (Å²) >= 11 is 0. The monoisotopic (exact) mass is 305 g/mol. The summed E-state index contributed by atoms with van der Waals surface area (Å²) in [7, 11) is 0. The molecule has 0 aliphatic heterocycles. The first-order valence-electron chi connectivity index (χ1n) is 7.22. The Kier molecular flexibility index (Phi) is 5.27. The summed E-state index contributed by atoms with van der Waals surface area (Å²) in [6, 6.07) is 5.52. The van der Waals surface area contributed by atoms with Crippen LogP contribution in [0, 0.1) is 5.82 Å². The predicted molar refractivity (Wildman–Crippen MR) is 80.6 cm³/mol. The van der Waals surface area contributed by atoms with Gasteiger partial charge in [-0.25, -0.2) is 9.37 Å². The van der Waals surface area contributed by atoms with Crippen molar-refractivity contribution in [2.75, 3.05) is 0 Å². The standard InChI is InChI=1S/C16H20FN3O2/c1-3-19-8-7-18-15(19)11-20(12(2)16(21)22)10-13-5-4-6-14(17)9-13/h4-9,12H,3,10-11H2,1-2H3,(H,21,22). The average molecular weight is 305 g/mol. The smallest absolute Gasteiger partial charge is 0.320 e. The number of hydrogen-bond donors (Lipinski definition) is 1. The van der Waals surface area contributed by atoms with Gasteiger partial charge in [0.2, 0.25) is 0 Å². The molecule has 5 nitrogen and oxygen atoms in total. The minimum Gasteiger partial charge on any atom is -0.480 e. The van der Waals surface area contributed by atoms with Crippen molar-refractivity contribution in [3.05, 3.63) is 53.9 Å². The van der Waals surface area contributed by atoms with Crippen LogP contribution >= 0.6 is 0 Å². The van der Waals surface area contributed by atoms with Crippen LogP contribution in [0.1, 0.15) is 25.2 Å². The van der Waals surface area contributed by atoms with E-state index in [2.05, 4.69) is 4.98 Å². The summed E-state index contributed by atoms with van der Waals surface area (Å²) in [5, 5.41) is 9.30. The van der Waals surface area contributed by atoms with Gasteiger partial charge in [0.15, 0.2) is 0 Å². The number of benzene rings is 1. The number of carbonyl (C=O) groups is 1. The molecule has 0 aliphatic carbocycles. The van der Waals surface area contributed by atoms with E-state index in [1.807, 2.05) is 17.7 Å². The first kappa shape index (κ1) is 16.2. The molecule has 2 aromatic rings. The molecule has 2 rings (SSSR count). The van der Waals surface area contributed by atoms with Crippen LogP contribution in [-0.2, 0) is 24.4 Å². The zero-order chi connectivity index (χ0) is 16.1. The molecular formula is C16H20FN3O2. The molecule has 0 radical (unpaired) electrons. The van der Waals surface area contributed by atoms with Crippen LogP contribution in [-0.4, -0.2) is 31.6 Å². The minimum atomic E-state index is -0.911. The van der Waals surface area contributed by atoms with Crippen molar-refractivity contribution in [3.63, 3.8) is 0 Å². The molecular weight excluding hydrogens is 285 g/mol. The highest BCUT2D eigenvalue weighted by molar-refractivity contribution is 5.72. The summed E-state index contributed by atoms with van der Waals surface area (Å²) in [5.74, 6) is -0.437. The van der Waals surface area contributed by atoms with E-state index in [0.29, 0.717) is 13.1 Å². The van der Waals surface area contributed by atoms with Crippen molar-refractivity contribution < 1.29 is 14.3 Å². The molecule has 0 spiro atoms. The lowest BCUT2D eigenvalue weighted by atomic mass is 10.1. The number of halogens is 1. The molecule has 1 aromatic carbocycles. The van der Waals surface area contributed by atoms with Gasteiger partial charge in [0, 0.05) is 25.5 Å². The van der Waals surface area contributed by atoms with E-state index in [9.17, 15) is 14.3 Å². The van der Waals surface area contributed by atoms with Crippen LogP contribution in [0.2, 0.25) is 0 Å². The average Bonchev–Trinajstić information content (AvgIpc) is 2.93. The Morgan fingerprint density at radius 1 is 1.45 bits per heavy atom. The predicted octanol–water partition coefficient (Wildman–Crippen LogP) is 2.52. The summed E-state index contributed by atoms with van der Waals surface area (Å²) in [6.45, 7) is 5.14. The maximum Gasteiger partial charge on any atom is 0.320 e. The number of carboxylic acids is 1. The maximum atomic E-state index is 13.3. The van der Waals surface area contributed by atoms with Crippen molar-refractivity contribution in [3.8, 4) is 0 Å². The molecule has 0 amide bonds. The third-order valence-corrected chi connectivity index (χ3v) is 3.67. The highest BCUT2D eigenvalue weighted by Crippen LogP contribution is 2.14. The molecule has 1 heterocycles. The van der Waals surface area contributed by atoms with Gasteiger partial charge < -0.3 is 9.67 Å². The first-order valence-corrected chi connectivity index (χ1v) is 7.22. The Morgan fingerprint density at radius 2 is 2.23 bits per heavy atom. The van der Waals surface area contributed by atoms with E-state index in [1.54, 1.807) is 30.2 Å². The van der Waals surface area contributed by atoms with E-state index in [4.69, 9.17) is 0 Å². The van der Waals surface area contributed by atoms with Crippen molar-refractivity contribution in [1.29, 1.82) is 0 Å². The summed E-state index contributed by atoms with van der Waals surface area (Å²) in [6.07, 6.45) is 3.56. The van der Waals surface area contributed by atoms with Gasteiger partial charge in [0.1, 0.15) is 17.7 Å². The van der Waals surface area contributed by atoms with Gasteiger partial charge in [0.25, 0.3) is 0 Å². The molecule has 1 unspecified atom stereocenters. The molecule has 0 bridgehead atoms. The lowest BCUT2D eigenvalue weighted by molar-refractivity contribution is -0.143. The number of aromatic nitrogens is 2. The maximum absolute atomic E-state index is 13.3. The second kappa shape index (κ2) is 7.17. The zero-order valence-electron chi connectivity index (χ0n) is 12.7. The number of nitrogens with zero attached hydrogens (tertiary/aromatic N) is 3. The molecule has 0 saturated carbocycles. The van der Waals surface area contributed by atoms with Gasteiger partial charge >= 0.3 is 5.97 Å². The molecule has 0 fully saturated rings. The fourth-order valence-electron chi connectivity index (χ4n) is 2.32. The Bertz CT molecular complexity index is 642. The van der Waals surface area contributed by atoms with Crippen LogP contribution in [0.15, 0.2) is 36.7 Å².